The van der Waals surface area contributed by atoms with Gasteiger partial charge in [0.1, 0.15) is 12.1 Å². The third-order valence-electron chi connectivity index (χ3n) is 6.49. The van der Waals surface area contributed by atoms with Gasteiger partial charge in [0.15, 0.2) is 0 Å². The second-order valence-corrected chi connectivity index (χ2v) is 9.35. The van der Waals surface area contributed by atoms with Crippen molar-refractivity contribution in [3.63, 3.8) is 0 Å². The van der Waals surface area contributed by atoms with Crippen LogP contribution in [0.15, 0.2) is 73.3 Å². The van der Waals surface area contributed by atoms with Crippen molar-refractivity contribution < 1.29 is 9.18 Å². The molecule has 1 aliphatic heterocycles. The zero-order valence-electron chi connectivity index (χ0n) is 19.7. The molecule has 0 saturated carbocycles. The number of fused-ring (bicyclic) bond motifs is 1. The molecular weight excluding hydrogens is 441 g/mol. The maximum atomic E-state index is 14.7. The Morgan fingerprint density at radius 1 is 1.09 bits per heavy atom. The molecule has 0 atom stereocenters. The molecule has 1 aliphatic rings. The number of benzene rings is 2. The van der Waals surface area contributed by atoms with Crippen LogP contribution in [0.25, 0.3) is 11.3 Å². The Bertz CT molecular complexity index is 1390. The molecule has 0 aliphatic carbocycles. The number of anilines is 2. The predicted molar refractivity (Wildman–Crippen MR) is 135 cm³/mol. The highest BCUT2D eigenvalue weighted by Gasteiger charge is 2.27. The van der Waals surface area contributed by atoms with Gasteiger partial charge in [-0.1, -0.05) is 19.9 Å². The molecule has 0 saturated heterocycles. The summed E-state index contributed by atoms with van der Waals surface area (Å²) in [6.45, 7) is 5.34. The molecule has 0 bridgehead atoms. The summed E-state index contributed by atoms with van der Waals surface area (Å²) in [6.07, 6.45) is 6.07. The molecule has 0 radical (unpaired) electrons. The Hall–Kier alpha value is -4.13. The number of carbonyl (C=O) groups is 1. The highest BCUT2D eigenvalue weighted by atomic mass is 19.1. The number of aromatic nitrogens is 3. The van der Waals surface area contributed by atoms with Crippen LogP contribution in [0.2, 0.25) is 0 Å². The summed E-state index contributed by atoms with van der Waals surface area (Å²) in [5.74, 6) is -0.681. The zero-order valence-corrected chi connectivity index (χ0v) is 19.7. The van der Waals surface area contributed by atoms with E-state index >= 15 is 0 Å². The first kappa shape index (κ1) is 22.7. The van der Waals surface area contributed by atoms with Gasteiger partial charge in [-0.25, -0.2) is 14.4 Å². The Labute approximate surface area is 203 Å². The molecule has 0 spiro atoms. The van der Waals surface area contributed by atoms with E-state index in [1.807, 2.05) is 24.3 Å². The lowest BCUT2D eigenvalue weighted by molar-refractivity contribution is 0.102. The number of nitrogens with zero attached hydrogens (tertiary/aromatic N) is 3. The van der Waals surface area contributed by atoms with Gasteiger partial charge in [-0.2, -0.15) is 0 Å². The standard InChI is InChI=1S/C28H26FN5O/c1-28(2)10-13-32-26-16-20(6-7-22(26)28)34-27(35)18-5-8-23(29)19(14-18)15-25-21(4-3-11-31-25)24-9-12-30-17-33-24/h3-9,11-12,14,16-17,32H,10,13,15H2,1-2H3,(H,34,35). The first-order chi connectivity index (χ1) is 16.9. The van der Waals surface area contributed by atoms with Crippen LogP contribution in [0.5, 0.6) is 0 Å². The highest BCUT2D eigenvalue weighted by molar-refractivity contribution is 6.04. The third-order valence-corrected chi connectivity index (χ3v) is 6.49. The van der Waals surface area contributed by atoms with E-state index in [0.717, 1.165) is 24.2 Å². The molecule has 6 nitrogen and oxygen atoms in total. The Kier molecular flexibility index (Phi) is 5.99. The van der Waals surface area contributed by atoms with Gasteiger partial charge in [0.2, 0.25) is 0 Å². The molecule has 5 rings (SSSR count). The second kappa shape index (κ2) is 9.25. The quantitative estimate of drug-likeness (QED) is 0.399. The SMILES string of the molecule is CC1(C)CCNc2cc(NC(=O)c3ccc(F)c(Cc4ncccc4-c4ccncn4)c3)ccc21. The van der Waals surface area contributed by atoms with Crippen LogP contribution in [0.4, 0.5) is 15.8 Å². The van der Waals surface area contributed by atoms with Crippen LogP contribution in [0, 0.1) is 5.82 Å². The largest absolute Gasteiger partial charge is 0.385 e. The summed E-state index contributed by atoms with van der Waals surface area (Å²) in [5, 5.41) is 6.37. The molecule has 4 aromatic rings. The average molecular weight is 468 g/mol. The lowest BCUT2D eigenvalue weighted by Gasteiger charge is -2.33. The summed E-state index contributed by atoms with van der Waals surface area (Å²) >= 11 is 0. The Morgan fingerprint density at radius 3 is 2.80 bits per heavy atom. The Balaban J connectivity index is 1.38. The van der Waals surface area contributed by atoms with Gasteiger partial charge >= 0.3 is 0 Å². The number of carbonyl (C=O) groups excluding carboxylic acids is 1. The molecule has 3 heterocycles. The zero-order chi connectivity index (χ0) is 24.4. The molecular formula is C28H26FN5O. The summed E-state index contributed by atoms with van der Waals surface area (Å²) in [6, 6.07) is 15.8. The van der Waals surface area contributed by atoms with E-state index in [-0.39, 0.29) is 23.6 Å². The van der Waals surface area contributed by atoms with E-state index in [1.54, 1.807) is 24.5 Å². The number of halogens is 1. The first-order valence-electron chi connectivity index (χ1n) is 11.6. The fourth-order valence-electron chi connectivity index (χ4n) is 4.50. The summed E-state index contributed by atoms with van der Waals surface area (Å²) in [4.78, 5) is 25.7. The average Bonchev–Trinajstić information content (AvgIpc) is 2.86. The minimum Gasteiger partial charge on any atom is -0.385 e. The minimum atomic E-state index is -0.388. The van der Waals surface area contributed by atoms with Crippen molar-refractivity contribution in [2.75, 3.05) is 17.2 Å². The molecule has 0 unspecified atom stereocenters. The van der Waals surface area contributed by atoms with Crippen LogP contribution in [0.3, 0.4) is 0 Å². The highest BCUT2D eigenvalue weighted by Crippen LogP contribution is 2.37. The van der Waals surface area contributed by atoms with Gasteiger partial charge in [0.05, 0.1) is 11.4 Å². The van der Waals surface area contributed by atoms with Crippen molar-refractivity contribution in [1.82, 2.24) is 15.0 Å². The molecule has 7 heteroatoms. The smallest absolute Gasteiger partial charge is 0.255 e. The maximum absolute atomic E-state index is 14.7. The van der Waals surface area contributed by atoms with Crippen LogP contribution >= 0.6 is 0 Å². The van der Waals surface area contributed by atoms with E-state index in [0.29, 0.717) is 28.2 Å². The summed E-state index contributed by atoms with van der Waals surface area (Å²) < 4.78 is 14.7. The Morgan fingerprint density at radius 2 is 1.97 bits per heavy atom. The van der Waals surface area contributed by atoms with Crippen LogP contribution in [0.1, 0.15) is 47.4 Å². The van der Waals surface area contributed by atoms with Gasteiger partial charge in [0, 0.05) is 47.9 Å². The van der Waals surface area contributed by atoms with E-state index in [9.17, 15) is 9.18 Å². The second-order valence-electron chi connectivity index (χ2n) is 9.35. The lowest BCUT2D eigenvalue weighted by Crippen LogP contribution is -2.28. The van der Waals surface area contributed by atoms with E-state index in [1.165, 1.54) is 24.0 Å². The van der Waals surface area contributed by atoms with Gasteiger partial charge in [-0.3, -0.25) is 9.78 Å². The summed E-state index contributed by atoms with van der Waals surface area (Å²) in [7, 11) is 0. The topological polar surface area (TPSA) is 79.8 Å². The number of amides is 1. The monoisotopic (exact) mass is 467 g/mol. The van der Waals surface area contributed by atoms with Gasteiger partial charge in [0.25, 0.3) is 5.91 Å². The van der Waals surface area contributed by atoms with Crippen molar-refractivity contribution in [2.45, 2.75) is 32.1 Å². The molecule has 2 N–H and O–H groups in total. The van der Waals surface area contributed by atoms with Crippen molar-refractivity contribution in [3.05, 3.63) is 102 Å². The molecule has 2 aromatic carbocycles. The number of nitrogens with one attached hydrogen (secondary N) is 2. The van der Waals surface area contributed by atoms with Gasteiger partial charge < -0.3 is 10.6 Å². The van der Waals surface area contributed by atoms with Crippen molar-refractivity contribution >= 4 is 17.3 Å². The fourth-order valence-corrected chi connectivity index (χ4v) is 4.50. The van der Waals surface area contributed by atoms with E-state index in [4.69, 9.17) is 0 Å². The molecule has 1 amide bonds. The molecule has 2 aromatic heterocycles. The minimum absolute atomic E-state index is 0.0884. The maximum Gasteiger partial charge on any atom is 0.255 e. The lowest BCUT2D eigenvalue weighted by atomic mass is 9.78. The number of rotatable bonds is 5. The molecule has 35 heavy (non-hydrogen) atoms. The number of hydrogen-bond acceptors (Lipinski definition) is 5. The van der Waals surface area contributed by atoms with Crippen LogP contribution in [-0.4, -0.2) is 27.4 Å². The van der Waals surface area contributed by atoms with Crippen molar-refractivity contribution in [1.29, 1.82) is 0 Å². The number of pyridine rings is 1. The fraction of sp³-hybridized carbons (Fsp3) is 0.214. The van der Waals surface area contributed by atoms with E-state index in [2.05, 4.69) is 45.5 Å². The first-order valence-corrected chi connectivity index (χ1v) is 11.6. The summed E-state index contributed by atoms with van der Waals surface area (Å²) in [5.41, 5.74) is 6.01. The van der Waals surface area contributed by atoms with Crippen LogP contribution in [-0.2, 0) is 11.8 Å². The number of hydrogen-bond donors (Lipinski definition) is 2. The third kappa shape index (κ3) is 4.75. The molecule has 0 fully saturated rings. The van der Waals surface area contributed by atoms with Gasteiger partial charge in [-0.15, -0.1) is 0 Å². The molecule has 176 valence electrons. The van der Waals surface area contributed by atoms with Crippen LogP contribution < -0.4 is 10.6 Å². The normalized spacial score (nSPS) is 14.0. The predicted octanol–water partition coefficient (Wildman–Crippen LogP) is 5.61. The van der Waals surface area contributed by atoms with Gasteiger partial charge in [-0.05, 0) is 71.5 Å². The van der Waals surface area contributed by atoms with E-state index < -0.39 is 0 Å². The van der Waals surface area contributed by atoms with Crippen molar-refractivity contribution in [2.24, 2.45) is 0 Å². The van der Waals surface area contributed by atoms with Crippen molar-refractivity contribution in [3.8, 4) is 11.3 Å².